The van der Waals surface area contributed by atoms with Crippen molar-refractivity contribution in [3.63, 3.8) is 0 Å². The van der Waals surface area contributed by atoms with Crippen molar-refractivity contribution in [1.29, 1.82) is 0 Å². The molecule has 1 N–H and O–H groups in total. The van der Waals surface area contributed by atoms with Crippen molar-refractivity contribution in [3.8, 4) is 0 Å². The first-order valence-electron chi connectivity index (χ1n) is 5.37. The van der Waals surface area contributed by atoms with E-state index in [9.17, 15) is 9.59 Å². The third kappa shape index (κ3) is 2.14. The van der Waals surface area contributed by atoms with Gasteiger partial charge in [-0.3, -0.25) is 14.4 Å². The maximum Gasteiger partial charge on any atom is 0.277 e. The number of nitrogens with one attached hydrogen (secondary N) is 1. The smallest absolute Gasteiger partial charge is 0.277 e. The number of fused-ring (bicyclic) bond motifs is 1. The van der Waals surface area contributed by atoms with Crippen LogP contribution >= 0.6 is 0 Å². The number of carbonyl (C=O) groups is 2. The zero-order valence-corrected chi connectivity index (χ0v) is 9.82. The molecular weight excluding hydrogens is 220 g/mol. The number of amides is 2. The van der Waals surface area contributed by atoms with E-state index in [1.165, 1.54) is 12.2 Å². The lowest BCUT2D eigenvalue weighted by molar-refractivity contribution is -0.116. The summed E-state index contributed by atoms with van der Waals surface area (Å²) in [5.74, 6) is -0.220. The van der Waals surface area contributed by atoms with Crippen LogP contribution in [0, 0.1) is 0 Å². The molecule has 5 nitrogen and oxygen atoms in total. The Morgan fingerprint density at radius 2 is 2.18 bits per heavy atom. The monoisotopic (exact) mass is 234 g/mol. The normalized spacial score (nSPS) is 13.9. The number of benzene rings is 1. The van der Waals surface area contributed by atoms with Crippen LogP contribution < -0.4 is 5.32 Å². The van der Waals surface area contributed by atoms with Gasteiger partial charge in [0, 0.05) is 24.7 Å². The third-order valence-corrected chi connectivity index (χ3v) is 2.84. The molecule has 0 radical (unpaired) electrons. The topological polar surface area (TPSA) is 58.6 Å². The first kappa shape index (κ1) is 11.6. The SMILES string of the molecule is CON(C)C(=O)c1cccc2c1CCC(=O)N2. The number of hydrogen-bond donors (Lipinski definition) is 1. The van der Waals surface area contributed by atoms with E-state index in [0.29, 0.717) is 18.4 Å². The fourth-order valence-electron chi connectivity index (χ4n) is 1.88. The Morgan fingerprint density at radius 1 is 1.41 bits per heavy atom. The first-order valence-corrected chi connectivity index (χ1v) is 5.37. The molecule has 17 heavy (non-hydrogen) atoms. The van der Waals surface area contributed by atoms with Crippen LogP contribution in [0.1, 0.15) is 22.3 Å². The second-order valence-corrected chi connectivity index (χ2v) is 3.87. The van der Waals surface area contributed by atoms with Crippen molar-refractivity contribution in [2.24, 2.45) is 0 Å². The minimum absolute atomic E-state index is 0.0119. The molecule has 1 heterocycles. The predicted octanol–water partition coefficient (Wildman–Crippen LogP) is 1.20. The molecule has 0 saturated carbocycles. The molecule has 0 fully saturated rings. The van der Waals surface area contributed by atoms with Crippen LogP contribution in [0.2, 0.25) is 0 Å². The molecule has 1 aromatic carbocycles. The Morgan fingerprint density at radius 3 is 2.88 bits per heavy atom. The predicted molar refractivity (Wildman–Crippen MR) is 62.5 cm³/mol. The molecule has 0 aliphatic carbocycles. The van der Waals surface area contributed by atoms with Gasteiger partial charge in [-0.25, -0.2) is 5.06 Å². The highest BCUT2D eigenvalue weighted by Gasteiger charge is 2.22. The van der Waals surface area contributed by atoms with Crippen molar-refractivity contribution in [3.05, 3.63) is 29.3 Å². The lowest BCUT2D eigenvalue weighted by Crippen LogP contribution is -2.28. The van der Waals surface area contributed by atoms with Gasteiger partial charge in [-0.15, -0.1) is 0 Å². The first-order chi connectivity index (χ1) is 8.13. The van der Waals surface area contributed by atoms with E-state index in [4.69, 9.17) is 4.84 Å². The molecule has 1 aliphatic rings. The zero-order valence-electron chi connectivity index (χ0n) is 9.82. The van der Waals surface area contributed by atoms with E-state index < -0.39 is 0 Å². The highest BCUT2D eigenvalue weighted by atomic mass is 16.7. The third-order valence-electron chi connectivity index (χ3n) is 2.84. The summed E-state index contributed by atoms with van der Waals surface area (Å²) in [5.41, 5.74) is 2.17. The maximum absolute atomic E-state index is 12.0. The lowest BCUT2D eigenvalue weighted by Gasteiger charge is -2.21. The Hall–Kier alpha value is -1.88. The number of hydrogen-bond acceptors (Lipinski definition) is 3. The van der Waals surface area contributed by atoms with E-state index in [1.807, 2.05) is 0 Å². The van der Waals surface area contributed by atoms with Crippen molar-refractivity contribution in [1.82, 2.24) is 5.06 Å². The number of anilines is 1. The summed E-state index contributed by atoms with van der Waals surface area (Å²) in [6.07, 6.45) is 0.995. The van der Waals surface area contributed by atoms with Crippen LogP contribution in [0.4, 0.5) is 5.69 Å². The average molecular weight is 234 g/mol. The van der Waals surface area contributed by atoms with Gasteiger partial charge in [0.05, 0.1) is 7.11 Å². The quantitative estimate of drug-likeness (QED) is 0.782. The standard InChI is InChI=1S/C12H14N2O3/c1-14(17-2)12(16)9-4-3-5-10-8(9)6-7-11(15)13-10/h3-5H,6-7H2,1-2H3,(H,13,15). The summed E-state index contributed by atoms with van der Waals surface area (Å²) >= 11 is 0. The van der Waals surface area contributed by atoms with E-state index in [1.54, 1.807) is 25.2 Å². The van der Waals surface area contributed by atoms with Crippen molar-refractivity contribution < 1.29 is 14.4 Å². The van der Waals surface area contributed by atoms with Gasteiger partial charge in [0.25, 0.3) is 5.91 Å². The Kier molecular flexibility index (Phi) is 3.10. The second kappa shape index (κ2) is 4.55. The molecule has 0 bridgehead atoms. The minimum atomic E-state index is -0.208. The van der Waals surface area contributed by atoms with Crippen LogP contribution in [0.3, 0.4) is 0 Å². The van der Waals surface area contributed by atoms with E-state index in [2.05, 4.69) is 5.32 Å². The summed E-state index contributed by atoms with van der Waals surface area (Å²) in [5, 5.41) is 3.93. The molecule has 0 saturated heterocycles. The van der Waals surface area contributed by atoms with Crippen LogP contribution in [0.25, 0.3) is 0 Å². The molecule has 1 aliphatic heterocycles. The Labute approximate surface area is 99.3 Å². The summed E-state index contributed by atoms with van der Waals surface area (Å²) < 4.78 is 0. The summed E-state index contributed by atoms with van der Waals surface area (Å²) in [4.78, 5) is 28.2. The van der Waals surface area contributed by atoms with Gasteiger partial charge >= 0.3 is 0 Å². The number of nitrogens with zero attached hydrogens (tertiary/aromatic N) is 1. The van der Waals surface area contributed by atoms with Crippen LogP contribution in [-0.4, -0.2) is 31.0 Å². The average Bonchev–Trinajstić information content (AvgIpc) is 2.35. The van der Waals surface area contributed by atoms with Crippen LogP contribution in [0.15, 0.2) is 18.2 Å². The Bertz CT molecular complexity index is 471. The van der Waals surface area contributed by atoms with Gasteiger partial charge in [-0.1, -0.05) is 6.07 Å². The van der Waals surface area contributed by atoms with Gasteiger partial charge in [-0.2, -0.15) is 0 Å². The fourth-order valence-corrected chi connectivity index (χ4v) is 1.88. The number of carbonyl (C=O) groups excluding carboxylic acids is 2. The van der Waals surface area contributed by atoms with Gasteiger partial charge in [0.2, 0.25) is 5.91 Å². The molecule has 90 valence electrons. The molecule has 2 amide bonds. The Balaban J connectivity index is 2.39. The number of hydroxylamine groups is 2. The highest BCUT2D eigenvalue weighted by molar-refractivity contribution is 6.00. The molecule has 2 rings (SSSR count). The second-order valence-electron chi connectivity index (χ2n) is 3.87. The fraction of sp³-hybridized carbons (Fsp3) is 0.333. The summed E-state index contributed by atoms with van der Waals surface area (Å²) in [6.45, 7) is 0. The summed E-state index contributed by atoms with van der Waals surface area (Å²) in [6, 6.07) is 5.30. The van der Waals surface area contributed by atoms with Gasteiger partial charge in [-0.05, 0) is 24.1 Å². The lowest BCUT2D eigenvalue weighted by atomic mass is 9.97. The number of rotatable bonds is 2. The molecule has 0 aromatic heterocycles. The highest BCUT2D eigenvalue weighted by Crippen LogP contribution is 2.26. The minimum Gasteiger partial charge on any atom is -0.326 e. The van der Waals surface area contributed by atoms with Crippen LogP contribution in [0.5, 0.6) is 0 Å². The molecule has 0 atom stereocenters. The molecule has 0 unspecified atom stereocenters. The largest absolute Gasteiger partial charge is 0.326 e. The molecular formula is C12H14N2O3. The van der Waals surface area contributed by atoms with Crippen molar-refractivity contribution in [2.75, 3.05) is 19.5 Å². The van der Waals surface area contributed by atoms with E-state index >= 15 is 0 Å². The molecule has 0 spiro atoms. The van der Waals surface area contributed by atoms with Crippen LogP contribution in [-0.2, 0) is 16.1 Å². The van der Waals surface area contributed by atoms with E-state index in [0.717, 1.165) is 11.3 Å². The van der Waals surface area contributed by atoms with Gasteiger partial charge in [0.15, 0.2) is 0 Å². The molecule has 1 aromatic rings. The van der Waals surface area contributed by atoms with Gasteiger partial charge in [0.1, 0.15) is 0 Å². The van der Waals surface area contributed by atoms with E-state index in [-0.39, 0.29) is 11.8 Å². The zero-order chi connectivity index (χ0) is 12.4. The maximum atomic E-state index is 12.0. The van der Waals surface area contributed by atoms with Crippen molar-refractivity contribution >= 4 is 17.5 Å². The molecule has 5 heteroatoms. The summed E-state index contributed by atoms with van der Waals surface area (Å²) in [7, 11) is 3.00. The van der Waals surface area contributed by atoms with Gasteiger partial charge < -0.3 is 5.32 Å². The van der Waals surface area contributed by atoms with Crippen molar-refractivity contribution in [2.45, 2.75) is 12.8 Å².